The first-order valence-corrected chi connectivity index (χ1v) is 6.35. The van der Waals surface area contributed by atoms with Crippen LogP contribution in [-0.2, 0) is 13.5 Å². The molecule has 0 unspecified atom stereocenters. The lowest BCUT2D eigenvalue weighted by atomic mass is 10.1. The Kier molecular flexibility index (Phi) is 4.47. The van der Waals surface area contributed by atoms with Gasteiger partial charge in [0.05, 0.1) is 20.4 Å². The number of nitrogens with zero attached hydrogens (tertiary/aromatic N) is 3. The fraction of sp³-hybridized carbons (Fsp3) is 0.200. The highest BCUT2D eigenvalue weighted by molar-refractivity contribution is 5.43. The predicted molar refractivity (Wildman–Crippen MR) is 73.8 cm³/mol. The topological polar surface area (TPSA) is 50.6 Å². The highest BCUT2D eigenvalue weighted by atomic mass is 79.9. The van der Waals surface area contributed by atoms with Crippen LogP contribution in [0.3, 0.4) is 0 Å². The van der Waals surface area contributed by atoms with Gasteiger partial charge in [-0.05, 0) is 17.7 Å². The van der Waals surface area contributed by atoms with E-state index in [0.717, 1.165) is 23.5 Å². The summed E-state index contributed by atoms with van der Waals surface area (Å²) in [6.07, 6.45) is 6.57. The number of imidazole rings is 1. The average Bonchev–Trinajstić information content (AvgIpc) is 2.78. The molecule has 0 saturated heterocycles. The minimum Gasteiger partial charge on any atom is -1.00 e. The van der Waals surface area contributed by atoms with Crippen LogP contribution in [0.1, 0.15) is 11.3 Å². The first-order chi connectivity index (χ1) is 9.69. The smallest absolute Gasteiger partial charge is 0.403 e. The van der Waals surface area contributed by atoms with E-state index >= 15 is 0 Å². The average molecular weight is 350 g/mol. The van der Waals surface area contributed by atoms with Crippen molar-refractivity contribution in [2.75, 3.05) is 7.11 Å². The lowest BCUT2D eigenvalue weighted by molar-refractivity contribution is -0.646. The quantitative estimate of drug-likeness (QED) is 0.583. The van der Waals surface area contributed by atoms with E-state index in [1.807, 2.05) is 36.0 Å². The van der Waals surface area contributed by atoms with Gasteiger partial charge in [0.15, 0.2) is 11.5 Å². The van der Waals surface area contributed by atoms with E-state index in [-0.39, 0.29) is 22.7 Å². The van der Waals surface area contributed by atoms with Gasteiger partial charge in [-0.3, -0.25) is 0 Å². The van der Waals surface area contributed by atoms with Crippen LogP contribution in [0.4, 0.5) is 0 Å². The Bertz CT molecular complexity index is 771. The van der Waals surface area contributed by atoms with Gasteiger partial charge in [0, 0.05) is 12.5 Å². The maximum atomic E-state index is 9.63. The molecule has 2 aromatic heterocycles. The number of hydrogen-bond acceptors (Lipinski definition) is 3. The number of rotatable bonds is 3. The lowest BCUT2D eigenvalue weighted by Gasteiger charge is -2.05. The van der Waals surface area contributed by atoms with E-state index in [4.69, 9.17) is 4.74 Å². The van der Waals surface area contributed by atoms with Crippen molar-refractivity contribution >= 4 is 5.78 Å². The minimum atomic E-state index is 0. The third kappa shape index (κ3) is 2.85. The first kappa shape index (κ1) is 15.3. The van der Waals surface area contributed by atoms with Crippen LogP contribution >= 0.6 is 0 Å². The molecule has 0 spiro atoms. The summed E-state index contributed by atoms with van der Waals surface area (Å²) in [7, 11) is 3.53. The fourth-order valence-electron chi connectivity index (χ4n) is 2.36. The summed E-state index contributed by atoms with van der Waals surface area (Å²) in [5.41, 5.74) is 2.20. The second kappa shape index (κ2) is 6.13. The van der Waals surface area contributed by atoms with Gasteiger partial charge in [0.2, 0.25) is 0 Å². The van der Waals surface area contributed by atoms with Crippen LogP contribution in [0.15, 0.2) is 42.9 Å². The molecular formula is C15H16BrN3O2. The molecule has 0 radical (unpaired) electrons. The Morgan fingerprint density at radius 3 is 2.95 bits per heavy atom. The van der Waals surface area contributed by atoms with E-state index in [2.05, 4.69) is 15.6 Å². The molecule has 2 heterocycles. The number of methoxy groups -OCH3 is 1. The molecule has 0 atom stereocenters. The molecule has 110 valence electrons. The number of aromatic hydroxyl groups is 1. The molecule has 6 heteroatoms. The van der Waals surface area contributed by atoms with Gasteiger partial charge in [-0.2, -0.15) is 0 Å². The molecular weight excluding hydrogens is 334 g/mol. The number of benzene rings is 1. The van der Waals surface area contributed by atoms with E-state index in [1.165, 1.54) is 0 Å². The molecule has 1 N–H and O–H groups in total. The highest BCUT2D eigenvalue weighted by Gasteiger charge is 2.14. The molecule has 0 aliphatic carbocycles. The summed E-state index contributed by atoms with van der Waals surface area (Å²) >= 11 is 0. The summed E-state index contributed by atoms with van der Waals surface area (Å²) in [5.74, 6) is 1.54. The third-order valence-electron chi connectivity index (χ3n) is 3.32. The van der Waals surface area contributed by atoms with Crippen LogP contribution in [0, 0.1) is 0 Å². The number of phenolic OH excluding ortho intramolecular Hbond substituents is 1. The first-order valence-electron chi connectivity index (χ1n) is 6.35. The van der Waals surface area contributed by atoms with Crippen molar-refractivity contribution in [2.45, 2.75) is 6.42 Å². The van der Waals surface area contributed by atoms with Crippen LogP contribution in [0.5, 0.6) is 11.5 Å². The highest BCUT2D eigenvalue weighted by Crippen LogP contribution is 2.27. The molecule has 0 amide bonds. The Hall–Kier alpha value is -2.08. The molecule has 0 saturated carbocycles. The van der Waals surface area contributed by atoms with Crippen molar-refractivity contribution in [1.29, 1.82) is 0 Å². The zero-order chi connectivity index (χ0) is 14.1. The maximum absolute atomic E-state index is 9.63. The standard InChI is InChI=1S/C15H15N3O2.BrH/c1-17-10-12(18-7-3-6-16-15(17)18)8-11-4-5-13(19)14(9-11)20-2;/h3-7,9-10H,8H2,1-2H3;1H. The number of aryl methyl sites for hydroxylation is 1. The van der Waals surface area contributed by atoms with E-state index in [1.54, 1.807) is 19.4 Å². The number of ether oxygens (including phenoxy) is 1. The molecule has 21 heavy (non-hydrogen) atoms. The van der Waals surface area contributed by atoms with E-state index in [0.29, 0.717) is 5.75 Å². The lowest BCUT2D eigenvalue weighted by Crippen LogP contribution is -3.00. The number of fused-ring (bicyclic) bond motifs is 1. The summed E-state index contributed by atoms with van der Waals surface area (Å²) in [5, 5.41) is 9.63. The Balaban J connectivity index is 0.00000161. The predicted octanol–water partition coefficient (Wildman–Crippen LogP) is -1.53. The number of phenols is 1. The number of hydrogen-bond donors (Lipinski definition) is 1. The number of aromatic nitrogens is 3. The van der Waals surface area contributed by atoms with Crippen LogP contribution in [0.25, 0.3) is 5.78 Å². The Morgan fingerprint density at radius 1 is 1.38 bits per heavy atom. The molecule has 3 aromatic rings. The van der Waals surface area contributed by atoms with E-state index < -0.39 is 0 Å². The van der Waals surface area contributed by atoms with Crippen molar-refractivity contribution < 1.29 is 31.4 Å². The zero-order valence-electron chi connectivity index (χ0n) is 11.8. The molecule has 0 aliphatic rings. The maximum Gasteiger partial charge on any atom is 0.403 e. The van der Waals surface area contributed by atoms with Crippen molar-refractivity contribution in [3.63, 3.8) is 0 Å². The molecule has 0 aliphatic heterocycles. The molecule has 5 nitrogen and oxygen atoms in total. The largest absolute Gasteiger partial charge is 1.00 e. The van der Waals surface area contributed by atoms with Crippen molar-refractivity contribution in [2.24, 2.45) is 7.05 Å². The third-order valence-corrected chi connectivity index (χ3v) is 3.32. The summed E-state index contributed by atoms with van der Waals surface area (Å²) < 4.78 is 9.19. The monoisotopic (exact) mass is 349 g/mol. The van der Waals surface area contributed by atoms with Gasteiger partial charge in [0.25, 0.3) is 0 Å². The minimum absolute atomic E-state index is 0. The van der Waals surface area contributed by atoms with Gasteiger partial charge < -0.3 is 26.8 Å². The Morgan fingerprint density at radius 2 is 2.19 bits per heavy atom. The second-order valence-corrected chi connectivity index (χ2v) is 4.70. The normalized spacial score (nSPS) is 10.4. The zero-order valence-corrected chi connectivity index (χ0v) is 13.4. The van der Waals surface area contributed by atoms with Gasteiger partial charge >= 0.3 is 5.78 Å². The van der Waals surface area contributed by atoms with Crippen LogP contribution in [-0.4, -0.2) is 21.6 Å². The molecule has 3 rings (SSSR count). The molecule has 0 fully saturated rings. The Labute approximate surface area is 133 Å². The van der Waals surface area contributed by atoms with Gasteiger partial charge in [0.1, 0.15) is 18.1 Å². The molecule has 0 bridgehead atoms. The van der Waals surface area contributed by atoms with Crippen molar-refractivity contribution in [1.82, 2.24) is 9.38 Å². The van der Waals surface area contributed by atoms with Crippen molar-refractivity contribution in [3.8, 4) is 11.5 Å². The summed E-state index contributed by atoms with van der Waals surface area (Å²) in [6, 6.07) is 7.31. The van der Waals surface area contributed by atoms with Crippen molar-refractivity contribution in [3.05, 3.63) is 54.1 Å². The summed E-state index contributed by atoms with van der Waals surface area (Å²) in [6.45, 7) is 0. The van der Waals surface area contributed by atoms with E-state index in [9.17, 15) is 5.11 Å². The van der Waals surface area contributed by atoms with Crippen LogP contribution in [0.2, 0.25) is 0 Å². The fourth-order valence-corrected chi connectivity index (χ4v) is 2.36. The van der Waals surface area contributed by atoms with Gasteiger partial charge in [-0.25, -0.2) is 8.97 Å². The SMILES string of the molecule is COc1cc(Cc2c[n+](C)c3ncccn23)ccc1O.[Br-]. The molecule has 1 aromatic carbocycles. The van der Waals surface area contributed by atoms with Gasteiger partial charge in [-0.1, -0.05) is 11.1 Å². The van der Waals surface area contributed by atoms with Gasteiger partial charge in [-0.15, -0.1) is 0 Å². The van der Waals surface area contributed by atoms with Crippen LogP contribution < -0.4 is 26.3 Å². The second-order valence-electron chi connectivity index (χ2n) is 4.70. The summed E-state index contributed by atoms with van der Waals surface area (Å²) in [4.78, 5) is 4.35. The number of halogens is 1.